The molecule has 1 N–H and O–H groups in total. The highest BCUT2D eigenvalue weighted by molar-refractivity contribution is 5.78. The number of nitrogens with zero attached hydrogens (tertiary/aromatic N) is 1. The van der Waals surface area contributed by atoms with Gasteiger partial charge in [0.15, 0.2) is 0 Å². The zero-order valence-electron chi connectivity index (χ0n) is 6.17. The van der Waals surface area contributed by atoms with Gasteiger partial charge in [-0.3, -0.25) is 5.10 Å². The van der Waals surface area contributed by atoms with Gasteiger partial charge in [0.05, 0.1) is 11.7 Å². The first-order chi connectivity index (χ1) is 5.40. The minimum atomic E-state index is 0.828. The summed E-state index contributed by atoms with van der Waals surface area (Å²) < 4.78 is 0. The van der Waals surface area contributed by atoms with Crippen LogP contribution in [-0.2, 0) is 6.42 Å². The molecular weight excluding hydrogens is 136 g/mol. The van der Waals surface area contributed by atoms with Crippen LogP contribution in [0.1, 0.15) is 5.56 Å². The quantitative estimate of drug-likeness (QED) is 0.652. The van der Waals surface area contributed by atoms with E-state index >= 15 is 0 Å². The van der Waals surface area contributed by atoms with E-state index in [4.69, 9.17) is 0 Å². The molecule has 2 rings (SSSR count). The van der Waals surface area contributed by atoms with Crippen LogP contribution in [0.15, 0.2) is 24.4 Å². The molecule has 0 unspecified atom stereocenters. The van der Waals surface area contributed by atoms with Gasteiger partial charge in [0.1, 0.15) is 0 Å². The lowest BCUT2D eigenvalue weighted by Gasteiger charge is -1.93. The first kappa shape index (κ1) is 6.40. The van der Waals surface area contributed by atoms with Gasteiger partial charge in [0.25, 0.3) is 0 Å². The van der Waals surface area contributed by atoms with Crippen LogP contribution in [-0.4, -0.2) is 10.2 Å². The highest BCUT2D eigenvalue weighted by Gasteiger charge is 1.94. The van der Waals surface area contributed by atoms with Gasteiger partial charge >= 0.3 is 0 Å². The molecule has 1 aromatic carbocycles. The van der Waals surface area contributed by atoms with Crippen molar-refractivity contribution in [1.82, 2.24) is 10.2 Å². The maximum atomic E-state index is 3.93. The lowest BCUT2D eigenvalue weighted by molar-refractivity contribution is 1.12. The number of hydrogen-bond acceptors (Lipinski definition) is 1. The summed E-state index contributed by atoms with van der Waals surface area (Å²) >= 11 is 0. The fourth-order valence-electron chi connectivity index (χ4n) is 1.14. The van der Waals surface area contributed by atoms with Gasteiger partial charge in [0.2, 0.25) is 0 Å². The molecule has 55 valence electrons. The molecule has 2 nitrogen and oxygen atoms in total. The van der Waals surface area contributed by atoms with Crippen LogP contribution in [0, 0.1) is 6.92 Å². The minimum Gasteiger partial charge on any atom is -0.278 e. The number of aromatic nitrogens is 2. The standard InChI is InChI=1S/C9H9N2/c1-2-7-3-4-8-6-10-11-9(8)5-7/h3-6H,1-2H2,(H,10,11). The Morgan fingerprint density at radius 2 is 2.36 bits per heavy atom. The van der Waals surface area contributed by atoms with Gasteiger partial charge < -0.3 is 0 Å². The van der Waals surface area contributed by atoms with E-state index in [0.29, 0.717) is 0 Å². The molecular formula is C9H9N2. The Kier molecular flexibility index (Phi) is 1.39. The fourth-order valence-corrected chi connectivity index (χ4v) is 1.14. The predicted octanol–water partition coefficient (Wildman–Crippen LogP) is 1.94. The normalized spacial score (nSPS) is 10.6. The van der Waals surface area contributed by atoms with Gasteiger partial charge in [0, 0.05) is 5.39 Å². The summed E-state index contributed by atoms with van der Waals surface area (Å²) in [5, 5.41) is 8.00. The first-order valence-electron chi connectivity index (χ1n) is 3.61. The molecule has 0 spiro atoms. The summed E-state index contributed by atoms with van der Waals surface area (Å²) in [6.07, 6.45) is 2.65. The van der Waals surface area contributed by atoms with Crippen molar-refractivity contribution in [2.24, 2.45) is 0 Å². The lowest BCUT2D eigenvalue weighted by Crippen LogP contribution is -1.78. The molecule has 0 fully saturated rings. The first-order valence-corrected chi connectivity index (χ1v) is 3.61. The molecule has 2 aromatic rings. The largest absolute Gasteiger partial charge is 0.278 e. The van der Waals surface area contributed by atoms with E-state index in [0.717, 1.165) is 17.3 Å². The van der Waals surface area contributed by atoms with Crippen LogP contribution >= 0.6 is 0 Å². The van der Waals surface area contributed by atoms with Gasteiger partial charge in [-0.05, 0) is 25.0 Å². The average molecular weight is 145 g/mol. The van der Waals surface area contributed by atoms with E-state index in [1.54, 1.807) is 0 Å². The Morgan fingerprint density at radius 3 is 3.18 bits per heavy atom. The molecule has 0 aliphatic rings. The van der Waals surface area contributed by atoms with Gasteiger partial charge in [-0.15, -0.1) is 0 Å². The second-order valence-corrected chi connectivity index (χ2v) is 2.54. The molecule has 0 saturated heterocycles. The molecule has 0 saturated carbocycles. The Balaban J connectivity index is 2.67. The fraction of sp³-hybridized carbons (Fsp3) is 0.111. The third kappa shape index (κ3) is 1.00. The molecule has 2 heteroatoms. The predicted molar refractivity (Wildman–Crippen MR) is 45.2 cm³/mol. The summed E-state index contributed by atoms with van der Waals surface area (Å²) in [7, 11) is 0. The van der Waals surface area contributed by atoms with E-state index < -0.39 is 0 Å². The van der Waals surface area contributed by atoms with E-state index in [1.807, 2.05) is 6.20 Å². The smallest absolute Gasteiger partial charge is 0.0653 e. The molecule has 0 atom stereocenters. The molecule has 0 aliphatic heterocycles. The summed E-state index contributed by atoms with van der Waals surface area (Å²) in [4.78, 5) is 0. The van der Waals surface area contributed by atoms with Crippen LogP contribution in [0.3, 0.4) is 0 Å². The minimum absolute atomic E-state index is 0.828. The summed E-state index contributed by atoms with van der Waals surface area (Å²) in [6, 6.07) is 6.21. The Labute approximate surface area is 65.2 Å². The summed E-state index contributed by atoms with van der Waals surface area (Å²) in [5.41, 5.74) is 2.33. The van der Waals surface area contributed by atoms with Crippen molar-refractivity contribution < 1.29 is 0 Å². The maximum absolute atomic E-state index is 3.93. The summed E-state index contributed by atoms with van der Waals surface area (Å²) in [6.45, 7) is 3.81. The second kappa shape index (κ2) is 2.38. The average Bonchev–Trinajstić information content (AvgIpc) is 2.50. The Morgan fingerprint density at radius 1 is 1.45 bits per heavy atom. The number of aromatic amines is 1. The third-order valence-corrected chi connectivity index (χ3v) is 1.80. The van der Waals surface area contributed by atoms with Crippen LogP contribution in [0.5, 0.6) is 0 Å². The molecule has 0 bridgehead atoms. The van der Waals surface area contributed by atoms with Gasteiger partial charge in [-0.25, -0.2) is 0 Å². The Bertz CT molecular complexity index is 362. The number of hydrogen-bond donors (Lipinski definition) is 1. The van der Waals surface area contributed by atoms with Crippen molar-refractivity contribution in [2.75, 3.05) is 0 Å². The maximum Gasteiger partial charge on any atom is 0.0653 e. The van der Waals surface area contributed by atoms with Crippen molar-refractivity contribution in [3.63, 3.8) is 0 Å². The van der Waals surface area contributed by atoms with Crippen LogP contribution in [0.4, 0.5) is 0 Å². The zero-order chi connectivity index (χ0) is 7.68. The second-order valence-electron chi connectivity index (χ2n) is 2.54. The molecule has 1 radical (unpaired) electrons. The van der Waals surface area contributed by atoms with Crippen LogP contribution in [0.25, 0.3) is 10.9 Å². The topological polar surface area (TPSA) is 28.7 Å². The van der Waals surface area contributed by atoms with E-state index in [9.17, 15) is 0 Å². The van der Waals surface area contributed by atoms with Gasteiger partial charge in [-0.2, -0.15) is 5.10 Å². The summed E-state index contributed by atoms with van der Waals surface area (Å²) in [5.74, 6) is 0. The van der Waals surface area contributed by atoms with Crippen molar-refractivity contribution in [3.8, 4) is 0 Å². The zero-order valence-corrected chi connectivity index (χ0v) is 6.17. The van der Waals surface area contributed by atoms with E-state index in [2.05, 4.69) is 35.3 Å². The number of fused-ring (bicyclic) bond motifs is 1. The van der Waals surface area contributed by atoms with Crippen molar-refractivity contribution in [2.45, 2.75) is 6.42 Å². The number of nitrogens with one attached hydrogen (secondary N) is 1. The van der Waals surface area contributed by atoms with E-state index in [1.165, 1.54) is 5.56 Å². The van der Waals surface area contributed by atoms with Crippen LogP contribution in [0.2, 0.25) is 0 Å². The molecule has 0 amide bonds. The molecule has 1 heterocycles. The van der Waals surface area contributed by atoms with Crippen molar-refractivity contribution >= 4 is 10.9 Å². The monoisotopic (exact) mass is 145 g/mol. The molecule has 11 heavy (non-hydrogen) atoms. The number of rotatable bonds is 1. The molecule has 1 aromatic heterocycles. The third-order valence-electron chi connectivity index (χ3n) is 1.80. The number of benzene rings is 1. The highest BCUT2D eigenvalue weighted by atomic mass is 15.1. The Hall–Kier alpha value is -1.31. The molecule has 0 aliphatic carbocycles. The van der Waals surface area contributed by atoms with Crippen molar-refractivity contribution in [1.29, 1.82) is 0 Å². The van der Waals surface area contributed by atoms with E-state index in [-0.39, 0.29) is 0 Å². The van der Waals surface area contributed by atoms with Crippen molar-refractivity contribution in [3.05, 3.63) is 36.9 Å². The van der Waals surface area contributed by atoms with Gasteiger partial charge in [-0.1, -0.05) is 12.1 Å². The SMILES string of the molecule is [CH2]Cc1ccc2cn[nH]c2c1. The van der Waals surface area contributed by atoms with Crippen LogP contribution < -0.4 is 0 Å². The number of H-pyrrole nitrogens is 1. The lowest BCUT2D eigenvalue weighted by atomic mass is 10.1. The highest BCUT2D eigenvalue weighted by Crippen LogP contribution is 2.12.